The fourth-order valence-corrected chi connectivity index (χ4v) is 7.08. The predicted octanol–water partition coefficient (Wildman–Crippen LogP) is 12.2. The first-order chi connectivity index (χ1) is 29.4. The minimum atomic E-state index is 0.503. The van der Waals surface area contributed by atoms with E-state index in [1.807, 2.05) is 67.7 Å². The fourth-order valence-electron chi connectivity index (χ4n) is 6.71. The maximum absolute atomic E-state index is 10.7. The Hall–Kier alpha value is -6.26. The molecule has 0 amide bonds. The van der Waals surface area contributed by atoms with Crippen LogP contribution in [0.3, 0.4) is 0 Å². The van der Waals surface area contributed by atoms with Crippen LogP contribution in [0.2, 0.25) is 0 Å². The molecular formula is C52H50N4O3S2. The minimum absolute atomic E-state index is 0.503. The van der Waals surface area contributed by atoms with Crippen LogP contribution < -0.4 is 5.73 Å². The van der Waals surface area contributed by atoms with Gasteiger partial charge in [0.1, 0.15) is 17.3 Å². The van der Waals surface area contributed by atoms with Crippen molar-refractivity contribution in [3.8, 4) is 22.9 Å². The molecule has 7 nitrogen and oxygen atoms in total. The average molecular weight is 843 g/mol. The first-order valence-electron chi connectivity index (χ1n) is 20.1. The number of aldehydes is 1. The summed E-state index contributed by atoms with van der Waals surface area (Å²) in [6.07, 6.45) is 4.29. The van der Waals surface area contributed by atoms with E-state index < -0.39 is 0 Å². The third kappa shape index (κ3) is 11.9. The number of aryl methyl sites for hydroxylation is 6. The quantitative estimate of drug-likeness (QED) is 0.0779. The molecule has 2 aromatic heterocycles. The molecule has 2 N–H and O–H groups in total. The van der Waals surface area contributed by atoms with Crippen molar-refractivity contribution in [3.63, 3.8) is 0 Å². The van der Waals surface area contributed by atoms with E-state index in [0.29, 0.717) is 41.5 Å². The van der Waals surface area contributed by atoms with E-state index >= 15 is 0 Å². The maximum Gasteiger partial charge on any atom is 0.227 e. The molecule has 8 rings (SSSR count). The number of aliphatic imine (C=N–C) groups is 1. The zero-order chi connectivity index (χ0) is 43.5. The van der Waals surface area contributed by atoms with Crippen molar-refractivity contribution in [2.75, 3.05) is 13.1 Å². The van der Waals surface area contributed by atoms with Gasteiger partial charge in [0.2, 0.25) is 11.8 Å². The summed E-state index contributed by atoms with van der Waals surface area (Å²) >= 11 is 10.7. The summed E-state index contributed by atoms with van der Waals surface area (Å²) in [4.78, 5) is 26.2. The average Bonchev–Trinajstić information content (AvgIpc) is 3.89. The van der Waals surface area contributed by atoms with Crippen molar-refractivity contribution in [3.05, 3.63) is 177 Å². The molecule has 0 unspecified atom stereocenters. The highest BCUT2D eigenvalue weighted by molar-refractivity contribution is 7.80. The number of aromatic nitrogens is 2. The van der Waals surface area contributed by atoms with Gasteiger partial charge in [-0.3, -0.25) is 9.79 Å². The van der Waals surface area contributed by atoms with E-state index in [9.17, 15) is 4.79 Å². The van der Waals surface area contributed by atoms with E-state index in [4.69, 9.17) is 39.0 Å². The molecule has 0 saturated heterocycles. The second-order valence-corrected chi connectivity index (χ2v) is 16.3. The summed E-state index contributed by atoms with van der Waals surface area (Å²) in [6, 6.07) is 39.9. The highest BCUT2D eigenvalue weighted by atomic mass is 32.1. The van der Waals surface area contributed by atoms with E-state index in [1.165, 1.54) is 44.5 Å². The summed E-state index contributed by atoms with van der Waals surface area (Å²) in [5.74, 6) is 1.21. The Morgan fingerprint density at radius 1 is 0.590 bits per heavy atom. The first-order valence-corrected chi connectivity index (χ1v) is 21.0. The predicted molar refractivity (Wildman–Crippen MR) is 260 cm³/mol. The van der Waals surface area contributed by atoms with Crippen LogP contribution in [0, 0.1) is 41.5 Å². The van der Waals surface area contributed by atoms with Crippen LogP contribution in [-0.4, -0.2) is 45.3 Å². The highest BCUT2D eigenvalue weighted by Crippen LogP contribution is 2.26. The van der Waals surface area contributed by atoms with Crippen molar-refractivity contribution in [1.82, 2.24) is 9.97 Å². The second kappa shape index (κ2) is 20.8. The van der Waals surface area contributed by atoms with E-state index in [0.717, 1.165) is 56.6 Å². The van der Waals surface area contributed by atoms with Crippen LogP contribution in [0.5, 0.6) is 0 Å². The van der Waals surface area contributed by atoms with Gasteiger partial charge >= 0.3 is 0 Å². The molecule has 0 spiro atoms. The molecule has 2 heterocycles. The van der Waals surface area contributed by atoms with Crippen molar-refractivity contribution >= 4 is 68.9 Å². The Morgan fingerprint density at radius 3 is 1.46 bits per heavy atom. The Labute approximate surface area is 368 Å². The largest absolute Gasteiger partial charge is 0.436 e. The van der Waals surface area contributed by atoms with Gasteiger partial charge < -0.3 is 14.6 Å². The number of hydrogen-bond acceptors (Lipinski definition) is 9. The van der Waals surface area contributed by atoms with Gasteiger partial charge in [0.25, 0.3) is 0 Å². The lowest BCUT2D eigenvalue weighted by molar-refractivity contribution is 0.112. The van der Waals surface area contributed by atoms with Crippen LogP contribution in [-0.2, 0) is 12.8 Å². The van der Waals surface area contributed by atoms with Gasteiger partial charge in [-0.1, -0.05) is 96.2 Å². The molecule has 0 saturated carbocycles. The third-order valence-electron chi connectivity index (χ3n) is 10.3. The van der Waals surface area contributed by atoms with Gasteiger partial charge in [-0.05, 0) is 141 Å². The van der Waals surface area contributed by atoms with Crippen molar-refractivity contribution < 1.29 is 13.6 Å². The number of rotatable bonds is 11. The van der Waals surface area contributed by atoms with Crippen LogP contribution in [0.1, 0.15) is 60.4 Å². The summed E-state index contributed by atoms with van der Waals surface area (Å²) in [7, 11) is 0. The fraction of sp³-hybridized carbons (Fsp3) is 0.192. The molecule has 0 radical (unpaired) electrons. The van der Waals surface area contributed by atoms with E-state index in [-0.39, 0.29) is 0 Å². The van der Waals surface area contributed by atoms with Crippen molar-refractivity contribution in [1.29, 1.82) is 0 Å². The zero-order valence-electron chi connectivity index (χ0n) is 35.5. The van der Waals surface area contributed by atoms with Crippen molar-refractivity contribution in [2.45, 2.75) is 54.4 Å². The molecule has 6 aromatic carbocycles. The molecule has 0 aliphatic rings. The monoisotopic (exact) mass is 842 g/mol. The van der Waals surface area contributed by atoms with E-state index in [1.54, 1.807) is 18.2 Å². The Bertz CT molecular complexity index is 2800. The SMILES string of the molecule is Cc1ccc(-c2nc3cc(C=NCC(=S)Cc4c(C)cccc4C)ccc3o2)cc1.Cc1ccc(-c2nc3cc(C=O)ccc3o2)cc1.Cc1cccc(C)c1CC(=S)CN. The molecule has 0 aliphatic heterocycles. The number of nitrogens with zero attached hydrogens (tertiary/aromatic N) is 3. The standard InChI is InChI=1S/C26H24N2OS.C15H11NO2.C11H15NS/c1-17-7-10-21(11-8-17)26-28-24-13-20(9-12-25(24)29-26)15-27-16-22(30)14-23-18(2)5-4-6-19(23)3;1-10-2-5-12(6-3-10)15-16-13-8-11(9-17)4-7-14(13)18-15;1-8-4-3-5-9(2)11(8)6-10(13)7-12/h4-13,15H,14,16H2,1-3H3;2-9H,1H3;3-5H,6-7,12H2,1-2H3. The number of benzene rings is 6. The molecule has 9 heteroatoms. The molecule has 61 heavy (non-hydrogen) atoms. The molecule has 0 atom stereocenters. The van der Waals surface area contributed by atoms with Crippen molar-refractivity contribution in [2.24, 2.45) is 10.7 Å². The molecular weight excluding hydrogens is 793 g/mol. The van der Waals surface area contributed by atoms with Gasteiger partial charge in [0.05, 0.1) is 6.54 Å². The van der Waals surface area contributed by atoms with Gasteiger partial charge in [0, 0.05) is 52.0 Å². The lowest BCUT2D eigenvalue weighted by Crippen LogP contribution is -2.14. The summed E-state index contributed by atoms with van der Waals surface area (Å²) in [6.45, 7) is 13.6. The smallest absolute Gasteiger partial charge is 0.227 e. The van der Waals surface area contributed by atoms with Gasteiger partial charge in [-0.25, -0.2) is 9.97 Å². The van der Waals surface area contributed by atoms with Crippen LogP contribution in [0.25, 0.3) is 45.1 Å². The molecule has 0 bridgehead atoms. The minimum Gasteiger partial charge on any atom is -0.436 e. The first kappa shape index (κ1) is 44.3. The van der Waals surface area contributed by atoms with Gasteiger partial charge in [0.15, 0.2) is 11.2 Å². The lowest BCUT2D eigenvalue weighted by Gasteiger charge is -2.09. The zero-order valence-corrected chi connectivity index (χ0v) is 37.1. The molecule has 0 fully saturated rings. The third-order valence-corrected chi connectivity index (χ3v) is 10.9. The number of hydrogen-bond donors (Lipinski definition) is 1. The molecule has 0 aliphatic carbocycles. The second-order valence-electron chi connectivity index (χ2n) is 15.2. The highest BCUT2D eigenvalue weighted by Gasteiger charge is 2.11. The topological polar surface area (TPSA) is 108 Å². The van der Waals surface area contributed by atoms with E-state index in [2.05, 4.69) is 98.1 Å². The molecule has 308 valence electrons. The normalized spacial score (nSPS) is 10.9. The Kier molecular flexibility index (Phi) is 15.1. The Morgan fingerprint density at radius 2 is 1.02 bits per heavy atom. The number of nitrogens with two attached hydrogens (primary N) is 1. The lowest BCUT2D eigenvalue weighted by atomic mass is 9.99. The number of carbonyl (C=O) groups is 1. The van der Waals surface area contributed by atoms with Gasteiger partial charge in [-0.15, -0.1) is 0 Å². The summed E-state index contributed by atoms with van der Waals surface area (Å²) < 4.78 is 11.6. The van der Waals surface area contributed by atoms with Crippen LogP contribution in [0.15, 0.2) is 135 Å². The van der Waals surface area contributed by atoms with Gasteiger partial charge in [-0.2, -0.15) is 0 Å². The number of thiocarbonyl (C=S) groups is 2. The maximum atomic E-state index is 10.7. The Balaban J connectivity index is 0.000000170. The summed E-state index contributed by atoms with van der Waals surface area (Å²) in [5, 5.41) is 0. The van der Waals surface area contributed by atoms with Crippen LogP contribution in [0.4, 0.5) is 0 Å². The number of carbonyl (C=O) groups excluding carboxylic acids is 1. The number of oxazole rings is 2. The number of fused-ring (bicyclic) bond motifs is 2. The molecule has 8 aromatic rings. The summed E-state index contributed by atoms with van der Waals surface area (Å²) in [5.41, 5.74) is 22.2. The van der Waals surface area contributed by atoms with Crippen LogP contribution >= 0.6 is 24.4 Å².